The second-order valence-electron chi connectivity index (χ2n) is 4.82. The Labute approximate surface area is 125 Å². The van der Waals surface area contributed by atoms with E-state index in [4.69, 9.17) is 0 Å². The summed E-state index contributed by atoms with van der Waals surface area (Å²) in [6, 6.07) is 4.33. The van der Waals surface area contributed by atoms with E-state index < -0.39 is 23.6 Å². The van der Waals surface area contributed by atoms with Gasteiger partial charge in [0, 0.05) is 0 Å². The Hall–Kier alpha value is -2.18. The summed E-state index contributed by atoms with van der Waals surface area (Å²) in [6.45, 7) is 3.49. The number of halogens is 4. The van der Waals surface area contributed by atoms with Gasteiger partial charge in [0.05, 0.1) is 17.3 Å². The van der Waals surface area contributed by atoms with E-state index in [9.17, 15) is 17.6 Å². The molecule has 0 aliphatic carbocycles. The van der Waals surface area contributed by atoms with E-state index >= 15 is 0 Å². The smallest absolute Gasteiger partial charge is 0.361 e. The highest BCUT2D eigenvalue weighted by Gasteiger charge is 2.30. The molecule has 1 heterocycles. The molecule has 22 heavy (non-hydrogen) atoms. The Bertz CT molecular complexity index is 638. The van der Waals surface area contributed by atoms with Gasteiger partial charge in [0.25, 0.3) is 0 Å². The van der Waals surface area contributed by atoms with Gasteiger partial charge in [0.15, 0.2) is 11.6 Å². The molecule has 1 aromatic carbocycles. The largest absolute Gasteiger partial charge is 0.416 e. The van der Waals surface area contributed by atoms with Crippen molar-refractivity contribution in [3.63, 3.8) is 0 Å². The minimum Gasteiger partial charge on any atom is -0.361 e. The van der Waals surface area contributed by atoms with Crippen molar-refractivity contribution in [2.24, 2.45) is 0 Å². The second kappa shape index (κ2) is 6.29. The molecule has 0 fully saturated rings. The van der Waals surface area contributed by atoms with E-state index in [-0.39, 0.29) is 11.5 Å². The van der Waals surface area contributed by atoms with Gasteiger partial charge in [-0.15, -0.1) is 0 Å². The molecule has 1 N–H and O–H groups in total. The highest BCUT2D eigenvalue weighted by molar-refractivity contribution is 5.41. The standard InChI is InChI=1S/C15H15F4N3/c1-3-12-13(16)14(21-8-20-12)22-9(2)10-4-6-11(7-5-10)15(17,18)19/h4-9H,3H2,1-2H3,(H,20,21,22). The van der Waals surface area contributed by atoms with Crippen LogP contribution in [0.1, 0.15) is 36.7 Å². The van der Waals surface area contributed by atoms with Gasteiger partial charge in [-0.3, -0.25) is 0 Å². The van der Waals surface area contributed by atoms with Crippen molar-refractivity contribution in [2.45, 2.75) is 32.5 Å². The van der Waals surface area contributed by atoms with Gasteiger partial charge in [0.1, 0.15) is 6.33 Å². The maximum absolute atomic E-state index is 14.0. The molecule has 2 rings (SSSR count). The van der Waals surface area contributed by atoms with Crippen LogP contribution in [0.2, 0.25) is 0 Å². The number of hydrogen-bond acceptors (Lipinski definition) is 3. The average molecular weight is 313 g/mol. The zero-order chi connectivity index (χ0) is 16.3. The lowest BCUT2D eigenvalue weighted by Crippen LogP contribution is -2.12. The molecule has 118 valence electrons. The third-order valence-corrected chi connectivity index (χ3v) is 3.29. The Morgan fingerprint density at radius 1 is 1.14 bits per heavy atom. The maximum Gasteiger partial charge on any atom is 0.416 e. The summed E-state index contributed by atoms with van der Waals surface area (Å²) < 4.78 is 51.6. The Kier molecular flexibility index (Phi) is 4.63. The van der Waals surface area contributed by atoms with E-state index in [1.54, 1.807) is 13.8 Å². The van der Waals surface area contributed by atoms with E-state index in [1.165, 1.54) is 18.5 Å². The van der Waals surface area contributed by atoms with Gasteiger partial charge in [-0.1, -0.05) is 19.1 Å². The molecule has 1 aromatic heterocycles. The molecule has 0 aliphatic heterocycles. The van der Waals surface area contributed by atoms with Crippen molar-refractivity contribution in [1.82, 2.24) is 9.97 Å². The number of alkyl halides is 3. The van der Waals surface area contributed by atoms with Crippen LogP contribution in [-0.4, -0.2) is 9.97 Å². The van der Waals surface area contributed by atoms with Crippen LogP contribution in [0, 0.1) is 5.82 Å². The van der Waals surface area contributed by atoms with Crippen LogP contribution in [0.3, 0.4) is 0 Å². The van der Waals surface area contributed by atoms with Crippen LogP contribution < -0.4 is 5.32 Å². The molecule has 7 heteroatoms. The van der Waals surface area contributed by atoms with Gasteiger partial charge in [-0.2, -0.15) is 13.2 Å². The van der Waals surface area contributed by atoms with Gasteiger partial charge >= 0.3 is 6.18 Å². The summed E-state index contributed by atoms with van der Waals surface area (Å²) in [6.07, 6.45) is -2.69. The number of nitrogens with one attached hydrogen (secondary N) is 1. The molecule has 0 saturated carbocycles. The van der Waals surface area contributed by atoms with Gasteiger partial charge in [-0.25, -0.2) is 14.4 Å². The third-order valence-electron chi connectivity index (χ3n) is 3.29. The lowest BCUT2D eigenvalue weighted by Gasteiger charge is -2.16. The molecule has 0 bridgehead atoms. The van der Waals surface area contributed by atoms with E-state index in [2.05, 4.69) is 15.3 Å². The third kappa shape index (κ3) is 3.52. The van der Waals surface area contributed by atoms with E-state index in [1.807, 2.05) is 0 Å². The summed E-state index contributed by atoms with van der Waals surface area (Å²) in [5.74, 6) is -0.497. The lowest BCUT2D eigenvalue weighted by molar-refractivity contribution is -0.137. The predicted octanol–water partition coefficient (Wildman–Crippen LogP) is 4.37. The molecule has 3 nitrogen and oxygen atoms in total. The highest BCUT2D eigenvalue weighted by Crippen LogP contribution is 2.30. The minimum atomic E-state index is -4.37. The SMILES string of the molecule is CCc1ncnc(NC(C)c2ccc(C(F)(F)F)cc2)c1F. The topological polar surface area (TPSA) is 37.8 Å². The van der Waals surface area contributed by atoms with Gasteiger partial charge in [0.2, 0.25) is 0 Å². The number of benzene rings is 1. The zero-order valence-electron chi connectivity index (χ0n) is 12.1. The quantitative estimate of drug-likeness (QED) is 0.852. The predicted molar refractivity (Wildman–Crippen MR) is 74.8 cm³/mol. The molecule has 2 aromatic rings. The zero-order valence-corrected chi connectivity index (χ0v) is 12.1. The minimum absolute atomic E-state index is 0.0410. The Morgan fingerprint density at radius 3 is 2.32 bits per heavy atom. The van der Waals surface area contributed by atoms with Crippen LogP contribution in [-0.2, 0) is 12.6 Å². The van der Waals surface area contributed by atoms with Crippen molar-refractivity contribution in [1.29, 1.82) is 0 Å². The second-order valence-corrected chi connectivity index (χ2v) is 4.82. The molecule has 0 amide bonds. The van der Waals surface area contributed by atoms with Crippen LogP contribution in [0.5, 0.6) is 0 Å². The van der Waals surface area contributed by atoms with Crippen LogP contribution in [0.15, 0.2) is 30.6 Å². The number of rotatable bonds is 4. The molecule has 0 saturated heterocycles. The molecule has 1 atom stereocenters. The summed E-state index contributed by atoms with van der Waals surface area (Å²) in [5.41, 5.74) is 0.172. The first-order chi connectivity index (χ1) is 10.3. The van der Waals surface area contributed by atoms with Gasteiger partial charge in [-0.05, 0) is 31.0 Å². The first-order valence-corrected chi connectivity index (χ1v) is 6.76. The van der Waals surface area contributed by atoms with Crippen LogP contribution in [0.4, 0.5) is 23.4 Å². The number of hydrogen-bond donors (Lipinski definition) is 1. The summed E-state index contributed by atoms with van der Waals surface area (Å²) >= 11 is 0. The number of anilines is 1. The number of aryl methyl sites for hydroxylation is 1. The molecule has 0 radical (unpaired) electrons. The van der Waals surface area contributed by atoms with Gasteiger partial charge < -0.3 is 5.32 Å². The van der Waals surface area contributed by atoms with E-state index in [0.29, 0.717) is 12.0 Å². The van der Waals surface area contributed by atoms with E-state index in [0.717, 1.165) is 12.1 Å². The fraction of sp³-hybridized carbons (Fsp3) is 0.333. The molecular weight excluding hydrogens is 298 g/mol. The first-order valence-electron chi connectivity index (χ1n) is 6.76. The summed E-state index contributed by atoms with van der Waals surface area (Å²) in [5, 5.41) is 2.85. The van der Waals surface area contributed by atoms with Crippen molar-refractivity contribution in [3.8, 4) is 0 Å². The fourth-order valence-electron chi connectivity index (χ4n) is 2.00. The lowest BCUT2D eigenvalue weighted by atomic mass is 10.1. The average Bonchev–Trinajstić information content (AvgIpc) is 2.48. The molecule has 0 spiro atoms. The van der Waals surface area contributed by atoms with Crippen molar-refractivity contribution >= 4 is 5.82 Å². The summed E-state index contributed by atoms with van der Waals surface area (Å²) in [4.78, 5) is 7.66. The Morgan fingerprint density at radius 2 is 1.77 bits per heavy atom. The fourth-order valence-corrected chi connectivity index (χ4v) is 2.00. The molecule has 0 aliphatic rings. The monoisotopic (exact) mass is 313 g/mol. The van der Waals surface area contributed by atoms with Crippen LogP contribution in [0.25, 0.3) is 0 Å². The normalized spacial score (nSPS) is 13.0. The summed E-state index contributed by atoms with van der Waals surface area (Å²) in [7, 11) is 0. The first kappa shape index (κ1) is 16.2. The molecular formula is C15H15F4N3. The van der Waals surface area contributed by atoms with Crippen molar-refractivity contribution in [3.05, 3.63) is 53.2 Å². The maximum atomic E-state index is 14.0. The number of aromatic nitrogens is 2. The highest BCUT2D eigenvalue weighted by atomic mass is 19.4. The van der Waals surface area contributed by atoms with Crippen molar-refractivity contribution < 1.29 is 17.6 Å². The van der Waals surface area contributed by atoms with Crippen LogP contribution >= 0.6 is 0 Å². The Balaban J connectivity index is 2.17. The number of nitrogens with zero attached hydrogens (tertiary/aromatic N) is 2. The van der Waals surface area contributed by atoms with Crippen molar-refractivity contribution in [2.75, 3.05) is 5.32 Å². The molecule has 1 unspecified atom stereocenters.